The maximum absolute atomic E-state index is 6.98. The minimum absolute atomic E-state index is 0.277. The van der Waals surface area contributed by atoms with Crippen molar-refractivity contribution in [1.29, 1.82) is 0 Å². The lowest BCUT2D eigenvalue weighted by Gasteiger charge is -2.30. The summed E-state index contributed by atoms with van der Waals surface area (Å²) in [7, 11) is 0. The Kier molecular flexibility index (Phi) is 22.1. The first-order valence-electron chi connectivity index (χ1n) is 21.1. The largest absolute Gasteiger partial charge is 0.344 e. The van der Waals surface area contributed by atoms with E-state index in [0.717, 1.165) is 43.4 Å². The lowest BCUT2D eigenvalue weighted by atomic mass is 9.86. The van der Waals surface area contributed by atoms with Crippen molar-refractivity contribution in [3.63, 3.8) is 0 Å². The minimum Gasteiger partial charge on any atom is -0.344 e. The van der Waals surface area contributed by atoms with Crippen molar-refractivity contribution < 1.29 is 9.47 Å². The van der Waals surface area contributed by atoms with Gasteiger partial charge in [0.1, 0.15) is 0 Å². The fourth-order valence-corrected chi connectivity index (χ4v) is 8.54. The molecule has 2 nitrogen and oxygen atoms in total. The van der Waals surface area contributed by atoms with Crippen molar-refractivity contribution in [2.75, 3.05) is 0 Å². The smallest absolute Gasteiger partial charge is 0.169 e. The molecule has 2 saturated carbocycles. The van der Waals surface area contributed by atoms with E-state index in [1.54, 1.807) is 0 Å². The van der Waals surface area contributed by atoms with Gasteiger partial charge in [-0.15, -0.1) is 0 Å². The molecule has 2 bridgehead atoms. The van der Waals surface area contributed by atoms with Gasteiger partial charge in [0, 0.05) is 12.8 Å². The summed E-state index contributed by atoms with van der Waals surface area (Å²) in [5.41, 5.74) is 0. The van der Waals surface area contributed by atoms with Gasteiger partial charge in [-0.05, 0) is 108 Å². The minimum atomic E-state index is -0.277. The third-order valence-corrected chi connectivity index (χ3v) is 11.4. The first kappa shape index (κ1) is 40.3. The van der Waals surface area contributed by atoms with Crippen LogP contribution in [0.5, 0.6) is 0 Å². The number of ether oxygens (including phenoxy) is 2. The number of allylic oxidation sites excluding steroid dienone is 8. The van der Waals surface area contributed by atoms with E-state index in [9.17, 15) is 0 Å². The maximum atomic E-state index is 6.98. The van der Waals surface area contributed by atoms with Crippen LogP contribution in [0.4, 0.5) is 0 Å². The Hall–Kier alpha value is -1.12. The standard InChI is InChI=1S/C45H78O2/c1-4-6-8-10-12-14-16-18-20-22-24-26-28-30-32-34-36-45(46-43-41-38-40(3)42(39-41)44(43)47-45)37-35-33-31-29-27-25-23-21-19-17-15-13-11-9-7-5-2/h12-15,18-21,40-44H,4-11,16-17,22-39H2,1-3H3/b14-12-,15-13-,20-18-,21-19-/t40?,41?,42?,43-,44+/m0/s1. The zero-order chi connectivity index (χ0) is 33.3. The molecule has 1 aliphatic heterocycles. The van der Waals surface area contributed by atoms with Gasteiger partial charge in [0.15, 0.2) is 5.79 Å². The molecule has 47 heavy (non-hydrogen) atoms. The summed E-state index contributed by atoms with van der Waals surface area (Å²) in [6, 6.07) is 0. The number of hydrogen-bond donors (Lipinski definition) is 0. The number of fused-ring (bicyclic) bond motifs is 5. The van der Waals surface area contributed by atoms with Crippen molar-refractivity contribution in [3.8, 4) is 0 Å². The first-order valence-corrected chi connectivity index (χ1v) is 21.1. The van der Waals surface area contributed by atoms with E-state index in [1.165, 1.54) is 154 Å². The van der Waals surface area contributed by atoms with Gasteiger partial charge in [0.05, 0.1) is 12.2 Å². The molecule has 3 unspecified atom stereocenters. The SMILES string of the molecule is CCCCC/C=C\C/C=C\CCCCCCCCC1(CCCCCCCC/C=C\C/C=C\CCCCC)O[C@@H]2C3CC(CC3C)[C@@H]2O1. The molecule has 0 spiro atoms. The summed E-state index contributed by atoms with van der Waals surface area (Å²) in [4.78, 5) is 0. The zero-order valence-corrected chi connectivity index (χ0v) is 31.6. The molecule has 2 heteroatoms. The molecule has 5 atom stereocenters. The molecule has 2 aliphatic carbocycles. The maximum Gasteiger partial charge on any atom is 0.169 e. The third-order valence-electron chi connectivity index (χ3n) is 11.4. The first-order chi connectivity index (χ1) is 23.2. The molecular formula is C45H78O2. The summed E-state index contributed by atoms with van der Waals surface area (Å²) in [5, 5.41) is 0. The van der Waals surface area contributed by atoms with Crippen LogP contribution >= 0.6 is 0 Å². The Labute approximate surface area is 293 Å². The molecule has 0 N–H and O–H groups in total. The van der Waals surface area contributed by atoms with Gasteiger partial charge >= 0.3 is 0 Å². The van der Waals surface area contributed by atoms with Crippen LogP contribution in [0.3, 0.4) is 0 Å². The number of hydrogen-bond acceptors (Lipinski definition) is 2. The lowest BCUT2D eigenvalue weighted by Crippen LogP contribution is -2.33. The summed E-state index contributed by atoms with van der Waals surface area (Å²) >= 11 is 0. The molecule has 0 aromatic rings. The highest BCUT2D eigenvalue weighted by Crippen LogP contribution is 2.57. The van der Waals surface area contributed by atoms with E-state index in [4.69, 9.17) is 9.47 Å². The lowest BCUT2D eigenvalue weighted by molar-refractivity contribution is -0.196. The van der Waals surface area contributed by atoms with Crippen molar-refractivity contribution in [2.45, 2.75) is 219 Å². The van der Waals surface area contributed by atoms with E-state index in [2.05, 4.69) is 69.4 Å². The predicted octanol–water partition coefficient (Wildman–Crippen LogP) is 14.5. The van der Waals surface area contributed by atoms with Crippen LogP contribution in [0, 0.1) is 17.8 Å². The quantitative estimate of drug-likeness (QED) is 0.0569. The number of rotatable bonds is 30. The molecular weight excluding hydrogens is 572 g/mol. The average molecular weight is 651 g/mol. The highest BCUT2D eigenvalue weighted by molar-refractivity contribution is 5.06. The van der Waals surface area contributed by atoms with Crippen LogP contribution in [-0.2, 0) is 9.47 Å². The van der Waals surface area contributed by atoms with Gasteiger partial charge in [0.2, 0.25) is 0 Å². The molecule has 0 aromatic carbocycles. The van der Waals surface area contributed by atoms with Crippen molar-refractivity contribution in [1.82, 2.24) is 0 Å². The summed E-state index contributed by atoms with van der Waals surface area (Å²) in [6.07, 6.45) is 55.9. The van der Waals surface area contributed by atoms with Crippen LogP contribution in [0.1, 0.15) is 201 Å². The average Bonchev–Trinajstić information content (AvgIpc) is 3.74. The topological polar surface area (TPSA) is 18.5 Å². The molecule has 1 saturated heterocycles. The highest BCUT2D eigenvalue weighted by atomic mass is 16.8. The monoisotopic (exact) mass is 651 g/mol. The number of unbranched alkanes of at least 4 members (excludes halogenated alkanes) is 18. The van der Waals surface area contributed by atoms with Gasteiger partial charge in [-0.1, -0.05) is 146 Å². The molecule has 3 rings (SSSR count). The Morgan fingerprint density at radius 2 is 0.872 bits per heavy atom. The van der Waals surface area contributed by atoms with Gasteiger partial charge < -0.3 is 9.47 Å². The van der Waals surface area contributed by atoms with Crippen molar-refractivity contribution >= 4 is 0 Å². The molecule has 3 fully saturated rings. The third kappa shape index (κ3) is 16.4. The molecule has 0 aromatic heterocycles. The van der Waals surface area contributed by atoms with Crippen LogP contribution in [0.2, 0.25) is 0 Å². The van der Waals surface area contributed by atoms with E-state index >= 15 is 0 Å². The Morgan fingerprint density at radius 1 is 0.468 bits per heavy atom. The molecule has 1 heterocycles. The molecule has 3 aliphatic rings. The Morgan fingerprint density at radius 3 is 1.34 bits per heavy atom. The molecule has 0 amide bonds. The second-order valence-electron chi connectivity index (χ2n) is 15.6. The predicted molar refractivity (Wildman–Crippen MR) is 206 cm³/mol. The van der Waals surface area contributed by atoms with Crippen LogP contribution in [-0.4, -0.2) is 18.0 Å². The molecule has 0 radical (unpaired) electrons. The Balaban J connectivity index is 1.23. The van der Waals surface area contributed by atoms with Gasteiger partial charge in [0.25, 0.3) is 0 Å². The fourth-order valence-electron chi connectivity index (χ4n) is 8.54. The molecule has 270 valence electrons. The van der Waals surface area contributed by atoms with Crippen LogP contribution in [0.15, 0.2) is 48.6 Å². The summed E-state index contributed by atoms with van der Waals surface area (Å²) in [6.45, 7) is 7.00. The zero-order valence-electron chi connectivity index (χ0n) is 31.6. The van der Waals surface area contributed by atoms with Gasteiger partial charge in [-0.25, -0.2) is 0 Å². The van der Waals surface area contributed by atoms with E-state index < -0.39 is 0 Å². The van der Waals surface area contributed by atoms with E-state index in [-0.39, 0.29) is 5.79 Å². The fraction of sp³-hybridized carbons (Fsp3) is 0.822. The van der Waals surface area contributed by atoms with Gasteiger partial charge in [-0.2, -0.15) is 0 Å². The summed E-state index contributed by atoms with van der Waals surface area (Å²) < 4.78 is 13.9. The second-order valence-corrected chi connectivity index (χ2v) is 15.6. The van der Waals surface area contributed by atoms with Crippen LogP contribution < -0.4 is 0 Å². The normalized spacial score (nSPS) is 25.1. The Bertz CT molecular complexity index is 819. The van der Waals surface area contributed by atoms with Crippen molar-refractivity contribution in [2.24, 2.45) is 17.8 Å². The van der Waals surface area contributed by atoms with E-state index in [1.807, 2.05) is 0 Å². The van der Waals surface area contributed by atoms with Crippen molar-refractivity contribution in [3.05, 3.63) is 48.6 Å². The van der Waals surface area contributed by atoms with E-state index in [0.29, 0.717) is 12.2 Å². The summed E-state index contributed by atoms with van der Waals surface area (Å²) in [5.74, 6) is 2.05. The van der Waals surface area contributed by atoms with Gasteiger partial charge in [-0.3, -0.25) is 0 Å². The highest BCUT2D eigenvalue weighted by Gasteiger charge is 2.60. The van der Waals surface area contributed by atoms with Crippen LogP contribution in [0.25, 0.3) is 0 Å². The second kappa shape index (κ2) is 25.8.